The van der Waals surface area contributed by atoms with Crippen LogP contribution in [-0.2, 0) is 14.4 Å². The summed E-state index contributed by atoms with van der Waals surface area (Å²) in [5.41, 5.74) is 0. The van der Waals surface area contributed by atoms with Gasteiger partial charge < -0.3 is 9.90 Å². The molecule has 0 N–H and O–H groups in total. The molecule has 12 heavy (non-hydrogen) atoms. The second-order valence-corrected chi connectivity index (χ2v) is 2.65. The Bertz CT molecular complexity index is 232. The van der Waals surface area contributed by atoms with Crippen molar-refractivity contribution in [2.75, 3.05) is 0 Å². The summed E-state index contributed by atoms with van der Waals surface area (Å²) >= 11 is 0. The maximum Gasteiger partial charge on any atom is 0.230 e. The molecular weight excluding hydrogens is 162 g/mol. The number of carbonyl (C=O) groups is 3. The summed E-state index contributed by atoms with van der Waals surface area (Å²) in [6.07, 6.45) is 0.215. The Labute approximate surface area is 69.0 Å². The van der Waals surface area contributed by atoms with Gasteiger partial charge in [-0.25, -0.2) is 0 Å². The first-order valence-corrected chi connectivity index (χ1v) is 3.60. The average molecular weight is 170 g/mol. The number of carbonyl (C=O) groups excluding carboxylic acids is 3. The van der Waals surface area contributed by atoms with Gasteiger partial charge in [0.05, 0.1) is 12.0 Å². The highest BCUT2D eigenvalue weighted by molar-refractivity contribution is 6.04. The van der Waals surface area contributed by atoms with Crippen LogP contribution in [0, 0.1) is 0 Å². The summed E-state index contributed by atoms with van der Waals surface area (Å²) in [5.74, 6) is -2.27. The Morgan fingerprint density at radius 1 is 1.42 bits per heavy atom. The third-order valence-electron chi connectivity index (χ3n) is 1.82. The van der Waals surface area contributed by atoms with E-state index in [-0.39, 0.29) is 12.8 Å². The lowest BCUT2D eigenvalue weighted by atomic mass is 10.3. The molecule has 66 valence electrons. The van der Waals surface area contributed by atoms with Crippen molar-refractivity contribution in [1.82, 2.24) is 4.90 Å². The fraction of sp³-hybridized carbons (Fsp3) is 0.571. The van der Waals surface area contributed by atoms with Crippen LogP contribution in [0.2, 0.25) is 0 Å². The monoisotopic (exact) mass is 170 g/mol. The molecular formula is C7H8NO4-. The topological polar surface area (TPSA) is 77.5 Å². The van der Waals surface area contributed by atoms with Crippen molar-refractivity contribution in [2.45, 2.75) is 25.8 Å². The number of nitrogens with zero attached hydrogens (tertiary/aromatic N) is 1. The van der Waals surface area contributed by atoms with Crippen LogP contribution in [0.4, 0.5) is 0 Å². The van der Waals surface area contributed by atoms with Gasteiger partial charge in [0, 0.05) is 12.8 Å². The van der Waals surface area contributed by atoms with E-state index in [9.17, 15) is 19.5 Å². The van der Waals surface area contributed by atoms with E-state index in [1.165, 1.54) is 6.92 Å². The van der Waals surface area contributed by atoms with E-state index in [0.717, 1.165) is 4.90 Å². The predicted octanol–water partition coefficient (Wildman–Crippen LogP) is -1.73. The fourth-order valence-corrected chi connectivity index (χ4v) is 1.13. The SMILES string of the molecule is C[C@H](C(=O)[O-])N1C(=O)CCC1=O. The van der Waals surface area contributed by atoms with Crippen molar-refractivity contribution < 1.29 is 19.5 Å². The number of hydrogen-bond donors (Lipinski definition) is 0. The first-order chi connectivity index (χ1) is 5.54. The van der Waals surface area contributed by atoms with E-state index in [0.29, 0.717) is 0 Å². The molecule has 0 unspecified atom stereocenters. The van der Waals surface area contributed by atoms with E-state index in [1.54, 1.807) is 0 Å². The molecule has 1 fully saturated rings. The zero-order valence-corrected chi connectivity index (χ0v) is 6.57. The van der Waals surface area contributed by atoms with Gasteiger partial charge in [-0.3, -0.25) is 14.5 Å². The molecule has 5 heteroatoms. The Kier molecular flexibility index (Phi) is 2.12. The number of amides is 2. The van der Waals surface area contributed by atoms with Crippen LogP contribution in [0.5, 0.6) is 0 Å². The summed E-state index contributed by atoms with van der Waals surface area (Å²) in [7, 11) is 0. The zero-order chi connectivity index (χ0) is 9.30. The minimum atomic E-state index is -1.40. The number of hydrogen-bond acceptors (Lipinski definition) is 4. The molecule has 0 aromatic heterocycles. The molecule has 0 spiro atoms. The number of carboxylic acid groups (broad SMARTS) is 1. The van der Waals surface area contributed by atoms with Crippen LogP contribution in [0.3, 0.4) is 0 Å². The summed E-state index contributed by atoms with van der Waals surface area (Å²) in [6, 6.07) is -1.15. The highest BCUT2D eigenvalue weighted by Gasteiger charge is 2.33. The molecule has 0 saturated carbocycles. The maximum atomic E-state index is 10.9. The number of imide groups is 1. The highest BCUT2D eigenvalue weighted by Crippen LogP contribution is 2.14. The fourth-order valence-electron chi connectivity index (χ4n) is 1.13. The summed E-state index contributed by atoms with van der Waals surface area (Å²) in [5, 5.41) is 10.3. The standard InChI is InChI=1S/C7H9NO4/c1-4(7(11)12)8-5(9)2-3-6(8)10/h4H,2-3H2,1H3,(H,11,12)/p-1/t4-/m1/s1. The minimum absolute atomic E-state index is 0.108. The van der Waals surface area contributed by atoms with E-state index in [1.807, 2.05) is 0 Å². The molecule has 0 aliphatic carbocycles. The Morgan fingerprint density at radius 3 is 2.17 bits per heavy atom. The summed E-state index contributed by atoms with van der Waals surface area (Å²) in [4.78, 5) is 33.0. The maximum absolute atomic E-state index is 10.9. The number of rotatable bonds is 2. The third-order valence-corrected chi connectivity index (χ3v) is 1.82. The number of aliphatic carboxylic acids is 1. The second-order valence-electron chi connectivity index (χ2n) is 2.65. The highest BCUT2D eigenvalue weighted by atomic mass is 16.4. The lowest BCUT2D eigenvalue weighted by Gasteiger charge is -2.22. The first-order valence-electron chi connectivity index (χ1n) is 3.60. The third kappa shape index (κ3) is 1.30. The van der Waals surface area contributed by atoms with Crippen molar-refractivity contribution >= 4 is 17.8 Å². The molecule has 5 nitrogen and oxygen atoms in total. The molecule has 0 aromatic carbocycles. The molecule has 0 aromatic rings. The normalized spacial score (nSPS) is 19.9. The largest absolute Gasteiger partial charge is 0.548 e. The minimum Gasteiger partial charge on any atom is -0.548 e. The van der Waals surface area contributed by atoms with Crippen molar-refractivity contribution in [2.24, 2.45) is 0 Å². The Hall–Kier alpha value is -1.39. The number of likely N-dealkylation sites (tertiary alicyclic amines) is 1. The second kappa shape index (κ2) is 2.92. The molecule has 2 amide bonds. The molecule has 1 atom stereocenters. The smallest absolute Gasteiger partial charge is 0.230 e. The van der Waals surface area contributed by atoms with Gasteiger partial charge in [0.15, 0.2) is 0 Å². The average Bonchev–Trinajstić information content (AvgIpc) is 2.30. The van der Waals surface area contributed by atoms with Crippen molar-refractivity contribution in [3.8, 4) is 0 Å². The van der Waals surface area contributed by atoms with Crippen LogP contribution in [-0.4, -0.2) is 28.7 Å². The zero-order valence-electron chi connectivity index (χ0n) is 6.57. The first kappa shape index (κ1) is 8.70. The van der Waals surface area contributed by atoms with Gasteiger partial charge >= 0.3 is 0 Å². The van der Waals surface area contributed by atoms with E-state index >= 15 is 0 Å². The lowest BCUT2D eigenvalue weighted by molar-refractivity contribution is -0.310. The summed E-state index contributed by atoms with van der Waals surface area (Å²) in [6.45, 7) is 1.26. The van der Waals surface area contributed by atoms with Crippen LogP contribution in [0.15, 0.2) is 0 Å². The van der Waals surface area contributed by atoms with Gasteiger partial charge in [-0.15, -0.1) is 0 Å². The molecule has 1 heterocycles. The van der Waals surface area contributed by atoms with Crippen molar-refractivity contribution in [3.63, 3.8) is 0 Å². The van der Waals surface area contributed by atoms with Gasteiger partial charge in [0.1, 0.15) is 0 Å². The van der Waals surface area contributed by atoms with Gasteiger partial charge in [0.2, 0.25) is 11.8 Å². The predicted molar refractivity (Wildman–Crippen MR) is 35.6 cm³/mol. The molecule has 1 aliphatic rings. The molecule has 0 bridgehead atoms. The van der Waals surface area contributed by atoms with Gasteiger partial charge in [-0.2, -0.15) is 0 Å². The summed E-state index contributed by atoms with van der Waals surface area (Å²) < 4.78 is 0. The lowest BCUT2D eigenvalue weighted by Crippen LogP contribution is -2.48. The van der Waals surface area contributed by atoms with Crippen LogP contribution in [0.25, 0.3) is 0 Å². The van der Waals surface area contributed by atoms with Crippen LogP contribution < -0.4 is 5.11 Å². The van der Waals surface area contributed by atoms with Crippen molar-refractivity contribution in [1.29, 1.82) is 0 Å². The van der Waals surface area contributed by atoms with Gasteiger partial charge in [-0.1, -0.05) is 0 Å². The van der Waals surface area contributed by atoms with Crippen molar-refractivity contribution in [3.05, 3.63) is 0 Å². The molecule has 0 radical (unpaired) electrons. The van der Waals surface area contributed by atoms with E-state index in [4.69, 9.17) is 0 Å². The quantitative estimate of drug-likeness (QED) is 0.461. The van der Waals surface area contributed by atoms with Crippen LogP contribution in [0.1, 0.15) is 19.8 Å². The van der Waals surface area contributed by atoms with Gasteiger partial charge in [0.25, 0.3) is 0 Å². The van der Waals surface area contributed by atoms with Gasteiger partial charge in [-0.05, 0) is 6.92 Å². The van der Waals surface area contributed by atoms with Crippen LogP contribution >= 0.6 is 0 Å². The molecule has 1 rings (SSSR count). The van der Waals surface area contributed by atoms with E-state index in [2.05, 4.69) is 0 Å². The number of carboxylic acids is 1. The molecule has 1 aliphatic heterocycles. The Balaban J connectivity index is 2.79. The molecule has 1 saturated heterocycles. The Morgan fingerprint density at radius 2 is 1.83 bits per heavy atom. The van der Waals surface area contributed by atoms with E-state index < -0.39 is 23.8 Å².